The minimum atomic E-state index is -0.524. The molecule has 2 rings (SSSR count). The van der Waals surface area contributed by atoms with Gasteiger partial charge in [-0.15, -0.1) is 0 Å². The molecule has 1 amide bonds. The molecule has 0 spiro atoms. The summed E-state index contributed by atoms with van der Waals surface area (Å²) in [6.07, 6.45) is 0. The van der Waals surface area contributed by atoms with Crippen molar-refractivity contribution in [1.29, 1.82) is 5.41 Å². The predicted molar refractivity (Wildman–Crippen MR) is 84.2 cm³/mol. The molecule has 0 atom stereocenters. The number of nitrogens with two attached hydrogens (primary N) is 3. The Morgan fingerprint density at radius 3 is 2.65 bits per heavy atom. The molecule has 2 aromatic rings. The molecule has 0 bridgehead atoms. The molecule has 0 aliphatic carbocycles. The number of nitrogens with one attached hydrogen (secondary N) is 1. The monoisotopic (exact) mass is 317 g/mol. The van der Waals surface area contributed by atoms with E-state index in [2.05, 4.69) is 0 Å². The highest BCUT2D eigenvalue weighted by Crippen LogP contribution is 2.25. The molecule has 7 heteroatoms. The average molecular weight is 317 g/mol. The molecule has 6 nitrogen and oxygen atoms in total. The number of halogens is 1. The number of nitrogen functional groups attached to an aromatic ring is 1. The zero-order valence-electron chi connectivity index (χ0n) is 12.6. The molecule has 0 fully saturated rings. The zero-order chi connectivity index (χ0) is 17.0. The minimum Gasteiger partial charge on any atom is -0.496 e. The molecular weight excluding hydrogens is 299 g/mol. The fourth-order valence-corrected chi connectivity index (χ4v) is 2.29. The van der Waals surface area contributed by atoms with Gasteiger partial charge in [0.15, 0.2) is 11.5 Å². The SMILES string of the molecule is COc1ccc(F)c([NH2+]Cc2cccc(C(N)=O)c2)c1C(=N)N. The van der Waals surface area contributed by atoms with Gasteiger partial charge in [0.05, 0.1) is 7.11 Å². The third-order valence-electron chi connectivity index (χ3n) is 3.40. The van der Waals surface area contributed by atoms with E-state index in [9.17, 15) is 9.18 Å². The second-order valence-corrected chi connectivity index (χ2v) is 4.92. The Bertz CT molecular complexity index is 762. The first-order valence-electron chi connectivity index (χ1n) is 6.87. The van der Waals surface area contributed by atoms with Gasteiger partial charge < -0.3 is 21.5 Å². The van der Waals surface area contributed by atoms with E-state index < -0.39 is 11.7 Å². The van der Waals surface area contributed by atoms with E-state index in [0.717, 1.165) is 5.56 Å². The molecule has 120 valence electrons. The van der Waals surface area contributed by atoms with Gasteiger partial charge in [0.25, 0.3) is 0 Å². The van der Waals surface area contributed by atoms with Crippen molar-refractivity contribution in [3.05, 3.63) is 58.9 Å². The number of ether oxygens (including phenoxy) is 1. The maximum atomic E-state index is 14.1. The largest absolute Gasteiger partial charge is 0.496 e. The third-order valence-corrected chi connectivity index (χ3v) is 3.40. The first kappa shape index (κ1) is 16.4. The molecule has 0 aliphatic heterocycles. The summed E-state index contributed by atoms with van der Waals surface area (Å²) in [5.41, 5.74) is 12.4. The first-order chi connectivity index (χ1) is 10.9. The Labute approximate surface area is 132 Å². The van der Waals surface area contributed by atoms with Crippen LogP contribution < -0.4 is 21.5 Å². The Morgan fingerprint density at radius 2 is 2.04 bits per heavy atom. The van der Waals surface area contributed by atoms with Gasteiger partial charge >= 0.3 is 0 Å². The lowest BCUT2D eigenvalue weighted by molar-refractivity contribution is -0.590. The normalized spacial score (nSPS) is 10.3. The van der Waals surface area contributed by atoms with E-state index in [1.165, 1.54) is 19.2 Å². The van der Waals surface area contributed by atoms with Gasteiger partial charge in [0, 0.05) is 11.1 Å². The van der Waals surface area contributed by atoms with Crippen LogP contribution in [0.15, 0.2) is 36.4 Å². The number of rotatable bonds is 6. The molecule has 0 aliphatic rings. The number of hydrogen-bond donors (Lipinski definition) is 4. The van der Waals surface area contributed by atoms with Crippen molar-refractivity contribution in [3.63, 3.8) is 0 Å². The van der Waals surface area contributed by atoms with Gasteiger partial charge in [-0.1, -0.05) is 12.1 Å². The second kappa shape index (κ2) is 6.89. The standard InChI is InChI=1S/C16H17FN4O2/c1-23-12-6-5-11(17)14(13(12)15(18)19)21-8-9-3-2-4-10(7-9)16(20)22/h2-7,21H,8H2,1H3,(H3,18,19)(H2,20,22)/p+1. The number of carbonyl (C=O) groups is 1. The maximum Gasteiger partial charge on any atom is 0.248 e. The van der Waals surface area contributed by atoms with E-state index >= 15 is 0 Å². The number of amides is 1. The van der Waals surface area contributed by atoms with Crippen LogP contribution in [-0.2, 0) is 6.54 Å². The highest BCUT2D eigenvalue weighted by Gasteiger charge is 2.20. The lowest BCUT2D eigenvalue weighted by Crippen LogP contribution is -2.77. The summed E-state index contributed by atoms with van der Waals surface area (Å²) >= 11 is 0. The first-order valence-corrected chi connectivity index (χ1v) is 6.87. The van der Waals surface area contributed by atoms with Crippen molar-refractivity contribution < 1.29 is 19.2 Å². The average Bonchev–Trinajstić information content (AvgIpc) is 2.53. The Kier molecular flexibility index (Phi) is 4.92. The van der Waals surface area contributed by atoms with Crippen LogP contribution in [0.3, 0.4) is 0 Å². The van der Waals surface area contributed by atoms with Gasteiger partial charge in [0.2, 0.25) is 5.91 Å². The number of amidine groups is 1. The highest BCUT2D eigenvalue weighted by molar-refractivity contribution is 6.01. The molecule has 0 aromatic heterocycles. The fraction of sp³-hybridized carbons (Fsp3) is 0.125. The van der Waals surface area contributed by atoms with E-state index in [1.807, 2.05) is 0 Å². The highest BCUT2D eigenvalue weighted by atomic mass is 19.1. The minimum absolute atomic E-state index is 0.196. The second-order valence-electron chi connectivity index (χ2n) is 4.92. The Balaban J connectivity index is 2.32. The number of carbonyl (C=O) groups excluding carboxylic acids is 1. The van der Waals surface area contributed by atoms with Crippen LogP contribution in [-0.4, -0.2) is 18.9 Å². The van der Waals surface area contributed by atoms with Gasteiger partial charge in [0.1, 0.15) is 23.7 Å². The van der Waals surface area contributed by atoms with E-state index in [0.29, 0.717) is 17.9 Å². The smallest absolute Gasteiger partial charge is 0.248 e. The van der Waals surface area contributed by atoms with Crippen molar-refractivity contribution in [2.24, 2.45) is 11.5 Å². The molecule has 0 radical (unpaired) electrons. The number of benzene rings is 2. The lowest BCUT2D eigenvalue weighted by atomic mass is 10.1. The van der Waals surface area contributed by atoms with Crippen molar-refractivity contribution in [2.75, 3.05) is 7.11 Å². The predicted octanol–water partition coefficient (Wildman–Crippen LogP) is 0.612. The van der Waals surface area contributed by atoms with Crippen LogP contribution in [0.4, 0.5) is 10.1 Å². The topological polar surface area (TPSA) is 119 Å². The Hall–Kier alpha value is -2.93. The lowest BCUT2D eigenvalue weighted by Gasteiger charge is -2.12. The van der Waals surface area contributed by atoms with Gasteiger partial charge in [-0.2, -0.15) is 0 Å². The maximum absolute atomic E-state index is 14.1. The zero-order valence-corrected chi connectivity index (χ0v) is 12.6. The summed E-state index contributed by atoms with van der Waals surface area (Å²) in [5, 5.41) is 9.25. The van der Waals surface area contributed by atoms with Gasteiger partial charge in [-0.25, -0.2) is 4.39 Å². The molecule has 0 saturated carbocycles. The number of quaternary nitrogens is 1. The van der Waals surface area contributed by atoms with Crippen molar-refractivity contribution in [1.82, 2.24) is 0 Å². The van der Waals surface area contributed by atoms with Crippen LogP contribution in [0.25, 0.3) is 0 Å². The molecule has 23 heavy (non-hydrogen) atoms. The van der Waals surface area contributed by atoms with Crippen LogP contribution in [0.1, 0.15) is 21.5 Å². The van der Waals surface area contributed by atoms with E-state index in [1.54, 1.807) is 29.6 Å². The third kappa shape index (κ3) is 3.64. The molecule has 0 saturated heterocycles. The van der Waals surface area contributed by atoms with E-state index in [4.69, 9.17) is 21.6 Å². The van der Waals surface area contributed by atoms with Crippen molar-refractivity contribution in [3.8, 4) is 5.75 Å². The molecular formula is C16H18FN4O2+. The summed E-state index contributed by atoms with van der Waals surface area (Å²) in [6.45, 7) is 0.353. The summed E-state index contributed by atoms with van der Waals surface area (Å²) < 4.78 is 19.3. The summed E-state index contributed by atoms with van der Waals surface area (Å²) in [4.78, 5) is 11.2. The van der Waals surface area contributed by atoms with Crippen LogP contribution in [0.2, 0.25) is 0 Å². The van der Waals surface area contributed by atoms with Crippen LogP contribution in [0, 0.1) is 11.2 Å². The van der Waals surface area contributed by atoms with E-state index in [-0.39, 0.29) is 17.1 Å². The van der Waals surface area contributed by atoms with Crippen molar-refractivity contribution in [2.45, 2.75) is 6.54 Å². The van der Waals surface area contributed by atoms with Crippen molar-refractivity contribution >= 4 is 17.4 Å². The molecule has 2 aromatic carbocycles. The summed E-state index contributed by atoms with van der Waals surface area (Å²) in [5.74, 6) is -0.972. The quantitative estimate of drug-likeness (QED) is 0.355. The summed E-state index contributed by atoms with van der Waals surface area (Å²) in [7, 11) is 1.43. The van der Waals surface area contributed by atoms with Crippen LogP contribution >= 0.6 is 0 Å². The molecule has 7 N–H and O–H groups in total. The molecule has 0 heterocycles. The molecule has 0 unspecified atom stereocenters. The number of primary amides is 1. The summed E-state index contributed by atoms with van der Waals surface area (Å²) in [6, 6.07) is 9.45. The number of hydrogen-bond acceptors (Lipinski definition) is 3. The Morgan fingerprint density at radius 1 is 1.30 bits per heavy atom. The fourth-order valence-electron chi connectivity index (χ4n) is 2.29. The van der Waals surface area contributed by atoms with Gasteiger partial charge in [-0.05, 0) is 24.3 Å². The van der Waals surface area contributed by atoms with Gasteiger partial charge in [-0.3, -0.25) is 10.2 Å². The van der Waals surface area contributed by atoms with Crippen LogP contribution in [0.5, 0.6) is 5.75 Å². The number of methoxy groups -OCH3 is 1.